The van der Waals surface area contributed by atoms with Gasteiger partial charge in [-0.2, -0.15) is 5.26 Å². The lowest BCUT2D eigenvalue weighted by Gasteiger charge is -1.95. The zero-order valence-corrected chi connectivity index (χ0v) is 6.28. The highest BCUT2D eigenvalue weighted by molar-refractivity contribution is 5.85. The van der Waals surface area contributed by atoms with E-state index < -0.39 is 0 Å². The first-order valence-corrected chi connectivity index (χ1v) is 3.57. The molecule has 0 N–H and O–H groups in total. The second-order valence-corrected chi connectivity index (χ2v) is 2.41. The molecule has 0 unspecified atom stereocenters. The van der Waals surface area contributed by atoms with E-state index in [0.29, 0.717) is 5.69 Å². The second kappa shape index (κ2) is 2.63. The highest BCUT2D eigenvalue weighted by Crippen LogP contribution is 2.14. The third-order valence-corrected chi connectivity index (χ3v) is 1.70. The fraction of sp³-hybridized carbons (Fsp3) is 0. The summed E-state index contributed by atoms with van der Waals surface area (Å²) in [6, 6.07) is 12.6. The van der Waals surface area contributed by atoms with Crippen molar-refractivity contribution >= 4 is 10.8 Å². The van der Waals surface area contributed by atoms with Gasteiger partial charge in [0, 0.05) is 17.6 Å². The van der Waals surface area contributed by atoms with Crippen LogP contribution in [-0.2, 0) is 0 Å². The van der Waals surface area contributed by atoms with Gasteiger partial charge in [0.05, 0.1) is 0 Å². The molecule has 0 saturated heterocycles. The zero-order chi connectivity index (χ0) is 8.39. The van der Waals surface area contributed by atoms with Crippen molar-refractivity contribution in [1.29, 1.82) is 5.26 Å². The molecule has 2 heteroatoms. The van der Waals surface area contributed by atoms with E-state index in [1.807, 2.05) is 30.3 Å². The number of benzene rings is 1. The van der Waals surface area contributed by atoms with E-state index in [4.69, 9.17) is 5.26 Å². The molecule has 1 radical (unpaired) electrons. The van der Waals surface area contributed by atoms with Gasteiger partial charge < -0.3 is 0 Å². The summed E-state index contributed by atoms with van der Waals surface area (Å²) in [6.45, 7) is 0. The van der Waals surface area contributed by atoms with Crippen LogP contribution in [0.5, 0.6) is 0 Å². The highest BCUT2D eigenvalue weighted by Gasteiger charge is 1.98. The van der Waals surface area contributed by atoms with Gasteiger partial charge in [-0.05, 0) is 5.39 Å². The molecule has 0 spiro atoms. The maximum Gasteiger partial charge on any atom is 0.148 e. The Balaban J connectivity index is 2.91. The molecule has 0 aliphatic rings. The highest BCUT2D eigenvalue weighted by atomic mass is 14.7. The number of fused-ring (bicyclic) bond motifs is 1. The van der Waals surface area contributed by atoms with Crippen molar-refractivity contribution in [2.75, 3.05) is 0 Å². The molecule has 1 aromatic carbocycles. The molecule has 0 fully saturated rings. The Bertz CT molecular complexity index is 449. The summed E-state index contributed by atoms with van der Waals surface area (Å²) in [6.07, 6.45) is 1.53. The number of nitriles is 1. The Labute approximate surface area is 70.1 Å². The van der Waals surface area contributed by atoms with E-state index in [-0.39, 0.29) is 0 Å². The summed E-state index contributed by atoms with van der Waals surface area (Å²) in [5.74, 6) is 0. The first kappa shape index (κ1) is 6.81. The van der Waals surface area contributed by atoms with E-state index in [9.17, 15) is 0 Å². The van der Waals surface area contributed by atoms with Crippen molar-refractivity contribution in [1.82, 2.24) is 4.98 Å². The van der Waals surface area contributed by atoms with Gasteiger partial charge in [0.1, 0.15) is 11.8 Å². The van der Waals surface area contributed by atoms with E-state index in [1.54, 1.807) is 0 Å². The summed E-state index contributed by atoms with van der Waals surface area (Å²) >= 11 is 0. The van der Waals surface area contributed by atoms with Crippen LogP contribution < -0.4 is 0 Å². The number of aromatic nitrogens is 1. The van der Waals surface area contributed by atoms with E-state index in [0.717, 1.165) is 10.8 Å². The Kier molecular flexibility index (Phi) is 1.49. The van der Waals surface area contributed by atoms with Gasteiger partial charge in [-0.15, -0.1) is 0 Å². The number of hydrogen-bond donors (Lipinski definition) is 0. The molecular formula is C10H5N2. The molecule has 0 saturated carbocycles. The summed E-state index contributed by atoms with van der Waals surface area (Å²) in [4.78, 5) is 3.91. The van der Waals surface area contributed by atoms with Crippen LogP contribution in [0, 0.1) is 17.4 Å². The quantitative estimate of drug-likeness (QED) is 0.579. The predicted molar refractivity (Wildman–Crippen MR) is 45.3 cm³/mol. The standard InChI is InChI=1S/C10H5N2/c11-7-10-9-4-2-1-3-8(9)5-6-12-10/h1-4,6H. The SMILES string of the molecule is N#Cc1nc[c]c2ccccc12. The molecule has 2 rings (SSSR count). The monoisotopic (exact) mass is 153 g/mol. The zero-order valence-electron chi connectivity index (χ0n) is 6.28. The van der Waals surface area contributed by atoms with E-state index >= 15 is 0 Å². The van der Waals surface area contributed by atoms with Crippen molar-refractivity contribution < 1.29 is 0 Å². The largest absolute Gasteiger partial charge is 0.244 e. The third-order valence-electron chi connectivity index (χ3n) is 1.70. The average molecular weight is 153 g/mol. The Hall–Kier alpha value is -1.88. The van der Waals surface area contributed by atoms with Crippen LogP contribution in [0.2, 0.25) is 0 Å². The van der Waals surface area contributed by atoms with Crippen molar-refractivity contribution in [3.8, 4) is 6.07 Å². The lowest BCUT2D eigenvalue weighted by atomic mass is 10.1. The van der Waals surface area contributed by atoms with Gasteiger partial charge in [0.25, 0.3) is 0 Å². The Morgan fingerprint density at radius 2 is 2.17 bits per heavy atom. The van der Waals surface area contributed by atoms with Crippen LogP contribution in [0.25, 0.3) is 10.8 Å². The molecule has 0 amide bonds. The summed E-state index contributed by atoms with van der Waals surface area (Å²) < 4.78 is 0. The summed E-state index contributed by atoms with van der Waals surface area (Å²) in [7, 11) is 0. The molecule has 0 bridgehead atoms. The van der Waals surface area contributed by atoms with Crippen LogP contribution in [0.1, 0.15) is 5.69 Å². The number of pyridine rings is 1. The smallest absolute Gasteiger partial charge is 0.148 e. The summed E-state index contributed by atoms with van der Waals surface area (Å²) in [5, 5.41) is 10.5. The van der Waals surface area contributed by atoms with Gasteiger partial charge in [-0.1, -0.05) is 24.3 Å². The predicted octanol–water partition coefficient (Wildman–Crippen LogP) is 1.91. The van der Waals surface area contributed by atoms with Crippen LogP contribution in [0.3, 0.4) is 0 Å². The summed E-state index contributed by atoms with van der Waals surface area (Å²) in [5.41, 5.74) is 0.462. The van der Waals surface area contributed by atoms with Gasteiger partial charge in [0.15, 0.2) is 0 Å². The Morgan fingerprint density at radius 1 is 1.33 bits per heavy atom. The second-order valence-electron chi connectivity index (χ2n) is 2.41. The molecule has 0 atom stereocenters. The van der Waals surface area contributed by atoms with Crippen molar-refractivity contribution in [3.63, 3.8) is 0 Å². The maximum absolute atomic E-state index is 8.71. The molecule has 2 aromatic rings. The maximum atomic E-state index is 8.71. The molecular weight excluding hydrogens is 148 g/mol. The Morgan fingerprint density at radius 3 is 3.00 bits per heavy atom. The third kappa shape index (κ3) is 0.923. The minimum atomic E-state index is 0.462. The van der Waals surface area contributed by atoms with Gasteiger partial charge in [0.2, 0.25) is 0 Å². The van der Waals surface area contributed by atoms with E-state index in [1.165, 1.54) is 6.20 Å². The van der Waals surface area contributed by atoms with Crippen molar-refractivity contribution in [2.24, 2.45) is 0 Å². The van der Waals surface area contributed by atoms with Crippen molar-refractivity contribution in [2.45, 2.75) is 0 Å². The van der Waals surface area contributed by atoms with Gasteiger partial charge >= 0.3 is 0 Å². The minimum absolute atomic E-state index is 0.462. The van der Waals surface area contributed by atoms with Crippen LogP contribution >= 0.6 is 0 Å². The molecule has 2 nitrogen and oxygen atoms in total. The molecule has 0 aliphatic carbocycles. The lowest BCUT2D eigenvalue weighted by Crippen LogP contribution is -1.83. The fourth-order valence-electron chi connectivity index (χ4n) is 1.14. The van der Waals surface area contributed by atoms with Gasteiger partial charge in [-0.3, -0.25) is 0 Å². The molecule has 1 aromatic heterocycles. The van der Waals surface area contributed by atoms with Crippen molar-refractivity contribution in [3.05, 3.63) is 42.2 Å². The normalized spacial score (nSPS) is 9.58. The molecule has 12 heavy (non-hydrogen) atoms. The molecule has 1 heterocycles. The lowest BCUT2D eigenvalue weighted by molar-refractivity contribution is 1.29. The molecule has 0 aliphatic heterocycles. The number of rotatable bonds is 0. The first-order valence-electron chi connectivity index (χ1n) is 3.57. The van der Waals surface area contributed by atoms with E-state index in [2.05, 4.69) is 11.1 Å². The average Bonchev–Trinajstić information content (AvgIpc) is 2.17. The fourth-order valence-corrected chi connectivity index (χ4v) is 1.14. The van der Waals surface area contributed by atoms with Crippen LogP contribution in [0.4, 0.5) is 0 Å². The van der Waals surface area contributed by atoms with Gasteiger partial charge in [-0.25, -0.2) is 4.98 Å². The molecule has 55 valence electrons. The number of hydrogen-bond acceptors (Lipinski definition) is 2. The first-order chi connectivity index (χ1) is 5.92. The topological polar surface area (TPSA) is 36.7 Å². The minimum Gasteiger partial charge on any atom is -0.244 e. The van der Waals surface area contributed by atoms with Crippen LogP contribution in [-0.4, -0.2) is 4.98 Å². The van der Waals surface area contributed by atoms with Crippen LogP contribution in [0.15, 0.2) is 30.5 Å². The number of nitrogens with zero attached hydrogens (tertiary/aromatic N) is 2.